The summed E-state index contributed by atoms with van der Waals surface area (Å²) in [6, 6.07) is 0. The van der Waals surface area contributed by atoms with Crippen molar-refractivity contribution in [2.45, 2.75) is 34.1 Å². The van der Waals surface area contributed by atoms with E-state index in [1.165, 1.54) is 0 Å². The highest BCUT2D eigenvalue weighted by molar-refractivity contribution is 5.92. The van der Waals surface area contributed by atoms with Gasteiger partial charge in [0, 0.05) is 6.21 Å². The maximum atomic E-state index is 10.5. The fraction of sp³-hybridized carbons (Fsp3) is 0.556. The van der Waals surface area contributed by atoms with Crippen LogP contribution in [0.25, 0.3) is 0 Å². The van der Waals surface area contributed by atoms with Crippen LogP contribution in [0.15, 0.2) is 16.8 Å². The second kappa shape index (κ2) is 9.88. The van der Waals surface area contributed by atoms with Gasteiger partial charge in [0.25, 0.3) is 5.91 Å². The Bertz CT molecular complexity index is 171. The molecule has 0 saturated heterocycles. The first-order valence-electron chi connectivity index (χ1n) is 4.21. The molecule has 12 heavy (non-hydrogen) atoms. The van der Waals surface area contributed by atoms with Gasteiger partial charge in [0.1, 0.15) is 5.70 Å². The number of allylic oxidation sites excluding steroid dienone is 1. The maximum Gasteiger partial charge on any atom is 0.266 e. The fourth-order valence-electron chi connectivity index (χ4n) is 0.470. The number of aliphatic imine (C=N–C) groups is 1. The number of primary amides is 1. The number of hydrogen-bond acceptors (Lipinski definition) is 2. The number of nitrogens with two attached hydrogens (primary N) is 1. The average Bonchev–Trinajstić information content (AvgIpc) is 2.09. The summed E-state index contributed by atoms with van der Waals surface area (Å²) in [5.74, 6) is -0.479. The molecule has 1 amide bonds. The summed E-state index contributed by atoms with van der Waals surface area (Å²) in [4.78, 5) is 14.3. The van der Waals surface area contributed by atoms with Gasteiger partial charge >= 0.3 is 0 Å². The van der Waals surface area contributed by atoms with Gasteiger partial charge in [0.05, 0.1) is 0 Å². The molecule has 0 saturated carbocycles. The molecule has 0 aromatic carbocycles. The number of carbonyl (C=O) groups excluding carboxylic acids is 1. The summed E-state index contributed by atoms with van der Waals surface area (Å²) in [5, 5.41) is 0. The first kappa shape index (κ1) is 13.5. The van der Waals surface area contributed by atoms with Gasteiger partial charge in [-0.3, -0.25) is 9.79 Å². The Morgan fingerprint density at radius 1 is 1.50 bits per heavy atom. The number of rotatable bonds is 3. The quantitative estimate of drug-likeness (QED) is 0.510. The minimum Gasteiger partial charge on any atom is -0.364 e. The molecule has 0 atom stereocenters. The highest BCUT2D eigenvalue weighted by atomic mass is 16.1. The van der Waals surface area contributed by atoms with Crippen molar-refractivity contribution in [2.24, 2.45) is 10.7 Å². The third kappa shape index (κ3) is 6.99. The molecular formula is C9H18N2O. The third-order valence-corrected chi connectivity index (χ3v) is 0.939. The molecule has 3 nitrogen and oxygen atoms in total. The van der Waals surface area contributed by atoms with Gasteiger partial charge in [-0.05, 0) is 13.3 Å². The van der Waals surface area contributed by atoms with Crippen LogP contribution >= 0.6 is 0 Å². The Morgan fingerprint density at radius 3 is 2.25 bits per heavy atom. The molecule has 0 unspecified atom stereocenters. The summed E-state index contributed by atoms with van der Waals surface area (Å²) < 4.78 is 0. The lowest BCUT2D eigenvalue weighted by atomic mass is 10.4. The van der Waals surface area contributed by atoms with Gasteiger partial charge in [0.15, 0.2) is 0 Å². The maximum absolute atomic E-state index is 10.5. The van der Waals surface area contributed by atoms with E-state index in [4.69, 9.17) is 5.73 Å². The van der Waals surface area contributed by atoms with Crippen LogP contribution < -0.4 is 5.73 Å². The second-order valence-corrected chi connectivity index (χ2v) is 1.76. The van der Waals surface area contributed by atoms with Crippen molar-refractivity contribution in [2.75, 3.05) is 0 Å². The van der Waals surface area contributed by atoms with E-state index in [0.717, 1.165) is 6.42 Å². The molecule has 3 heteroatoms. The minimum atomic E-state index is -0.479. The van der Waals surface area contributed by atoms with Gasteiger partial charge in [-0.1, -0.05) is 26.8 Å². The molecule has 0 aliphatic heterocycles. The van der Waals surface area contributed by atoms with E-state index in [1.54, 1.807) is 19.2 Å². The molecule has 0 radical (unpaired) electrons. The molecule has 0 aliphatic carbocycles. The van der Waals surface area contributed by atoms with Gasteiger partial charge in [-0.2, -0.15) is 0 Å². The third-order valence-electron chi connectivity index (χ3n) is 0.939. The summed E-state index contributed by atoms with van der Waals surface area (Å²) >= 11 is 0. The molecule has 0 aliphatic rings. The van der Waals surface area contributed by atoms with Crippen LogP contribution in [0.3, 0.4) is 0 Å². The molecule has 0 aromatic heterocycles. The van der Waals surface area contributed by atoms with Crippen LogP contribution in [-0.2, 0) is 4.79 Å². The highest BCUT2D eigenvalue weighted by Crippen LogP contribution is 1.92. The first-order valence-corrected chi connectivity index (χ1v) is 4.21. The van der Waals surface area contributed by atoms with Gasteiger partial charge in [-0.25, -0.2) is 0 Å². The normalized spacial score (nSPS) is 10.8. The molecule has 70 valence electrons. The van der Waals surface area contributed by atoms with Crippen molar-refractivity contribution >= 4 is 12.1 Å². The molecule has 0 bridgehead atoms. The van der Waals surface area contributed by atoms with Crippen LogP contribution in [-0.4, -0.2) is 12.1 Å². The van der Waals surface area contributed by atoms with E-state index < -0.39 is 5.91 Å². The average molecular weight is 170 g/mol. The van der Waals surface area contributed by atoms with Crippen LogP contribution in [0.5, 0.6) is 0 Å². The van der Waals surface area contributed by atoms with Gasteiger partial charge in [-0.15, -0.1) is 0 Å². The van der Waals surface area contributed by atoms with E-state index in [0.29, 0.717) is 5.70 Å². The zero-order chi connectivity index (χ0) is 9.98. The predicted molar refractivity (Wildman–Crippen MR) is 53.1 cm³/mol. The standard InChI is InChI=1S/C7H12N2O.C2H6/c1-3-5-9-6(4-2)7(8)10;1-2/h4-5H,3H2,1-2H3,(H2,8,10);1-2H3/b6-4-,9-5?;. The van der Waals surface area contributed by atoms with E-state index in [1.807, 2.05) is 20.8 Å². The number of nitrogens with zero attached hydrogens (tertiary/aromatic N) is 1. The van der Waals surface area contributed by atoms with Crippen LogP contribution in [0, 0.1) is 0 Å². The zero-order valence-electron chi connectivity index (χ0n) is 8.29. The van der Waals surface area contributed by atoms with Crippen molar-refractivity contribution in [3.63, 3.8) is 0 Å². The van der Waals surface area contributed by atoms with Crippen LogP contribution in [0.2, 0.25) is 0 Å². The number of carbonyl (C=O) groups is 1. The van der Waals surface area contributed by atoms with Gasteiger partial charge < -0.3 is 5.73 Å². The largest absolute Gasteiger partial charge is 0.364 e. The molecular weight excluding hydrogens is 152 g/mol. The SMILES string of the molecule is C/C=C(\N=CCC)C(N)=O.CC. The summed E-state index contributed by atoms with van der Waals surface area (Å²) in [7, 11) is 0. The summed E-state index contributed by atoms with van der Waals surface area (Å²) in [6.45, 7) is 7.67. The Labute approximate surface area is 74.4 Å². The molecule has 0 fully saturated rings. The van der Waals surface area contributed by atoms with E-state index in [-0.39, 0.29) is 0 Å². The molecule has 0 heterocycles. The predicted octanol–water partition coefficient (Wildman–Crippen LogP) is 1.88. The lowest BCUT2D eigenvalue weighted by molar-refractivity contribution is -0.114. The smallest absolute Gasteiger partial charge is 0.266 e. The Hall–Kier alpha value is -1.12. The first-order chi connectivity index (χ1) is 5.72. The zero-order valence-corrected chi connectivity index (χ0v) is 8.29. The van der Waals surface area contributed by atoms with Crippen LogP contribution in [0.1, 0.15) is 34.1 Å². The van der Waals surface area contributed by atoms with E-state index in [2.05, 4.69) is 4.99 Å². The van der Waals surface area contributed by atoms with E-state index >= 15 is 0 Å². The molecule has 2 N–H and O–H groups in total. The lowest BCUT2D eigenvalue weighted by Crippen LogP contribution is -2.12. The Morgan fingerprint density at radius 2 is 2.00 bits per heavy atom. The van der Waals surface area contributed by atoms with Crippen molar-refractivity contribution in [1.82, 2.24) is 0 Å². The summed E-state index contributed by atoms with van der Waals surface area (Å²) in [6.07, 6.45) is 4.05. The second-order valence-electron chi connectivity index (χ2n) is 1.76. The summed E-state index contributed by atoms with van der Waals surface area (Å²) in [5.41, 5.74) is 5.29. The molecule has 0 rings (SSSR count). The highest BCUT2D eigenvalue weighted by Gasteiger charge is 1.96. The number of amides is 1. The monoisotopic (exact) mass is 170 g/mol. The van der Waals surface area contributed by atoms with Crippen LogP contribution in [0.4, 0.5) is 0 Å². The van der Waals surface area contributed by atoms with Gasteiger partial charge in [0.2, 0.25) is 0 Å². The molecule has 0 spiro atoms. The van der Waals surface area contributed by atoms with Crippen molar-refractivity contribution in [3.8, 4) is 0 Å². The number of hydrogen-bond donors (Lipinski definition) is 1. The topological polar surface area (TPSA) is 55.4 Å². The Kier molecular flexibility index (Phi) is 11.1. The fourth-order valence-corrected chi connectivity index (χ4v) is 0.470. The molecule has 0 aromatic rings. The van der Waals surface area contributed by atoms with Crippen molar-refractivity contribution in [1.29, 1.82) is 0 Å². The Balaban J connectivity index is 0. The van der Waals surface area contributed by atoms with Crippen molar-refractivity contribution in [3.05, 3.63) is 11.8 Å². The minimum absolute atomic E-state index is 0.321. The lowest BCUT2D eigenvalue weighted by Gasteiger charge is -1.90. The van der Waals surface area contributed by atoms with Crippen molar-refractivity contribution < 1.29 is 4.79 Å². The van der Waals surface area contributed by atoms with E-state index in [9.17, 15) is 4.79 Å².